The molecule has 10 nitrogen and oxygen atoms in total. The minimum absolute atomic E-state index is 0.0158. The fourth-order valence-corrected chi connectivity index (χ4v) is 3.54. The van der Waals surface area contributed by atoms with Crippen molar-refractivity contribution < 1.29 is 32.8 Å². The minimum Gasteiger partial charge on any atom is -0.460 e. The number of hydrogen-bond acceptors (Lipinski definition) is 9. The van der Waals surface area contributed by atoms with Gasteiger partial charge in [0, 0.05) is 23.9 Å². The van der Waals surface area contributed by atoms with Crippen LogP contribution in [0.3, 0.4) is 0 Å². The molecule has 0 unspecified atom stereocenters. The summed E-state index contributed by atoms with van der Waals surface area (Å²) in [6, 6.07) is 8.51. The maximum Gasteiger partial charge on any atom is 0.445 e. The molecule has 0 fully saturated rings. The molecule has 2 aromatic heterocycles. The largest absolute Gasteiger partial charge is 0.460 e. The summed E-state index contributed by atoms with van der Waals surface area (Å²) in [5.74, 6) is -1.89. The van der Waals surface area contributed by atoms with Gasteiger partial charge in [0.25, 0.3) is 0 Å². The van der Waals surface area contributed by atoms with E-state index in [1.165, 1.54) is 43.3 Å². The van der Waals surface area contributed by atoms with E-state index in [1.54, 1.807) is 13.8 Å². The summed E-state index contributed by atoms with van der Waals surface area (Å²) < 4.78 is 21.0. The molecule has 0 aliphatic heterocycles. The normalized spacial score (nSPS) is 11.0. The van der Waals surface area contributed by atoms with Crippen LogP contribution in [0.2, 0.25) is 0 Å². The lowest BCUT2D eigenvalue weighted by Crippen LogP contribution is -2.09. The smallest absolute Gasteiger partial charge is 0.445 e. The number of benzene rings is 2. The minimum atomic E-state index is -0.800. The third kappa shape index (κ3) is 3.82. The Balaban J connectivity index is 1.93. The van der Waals surface area contributed by atoms with E-state index in [0.29, 0.717) is 16.5 Å². The van der Waals surface area contributed by atoms with Gasteiger partial charge in [-0.1, -0.05) is 6.07 Å². The number of nitrogens with zero attached hydrogens (tertiary/aromatic N) is 1. The van der Waals surface area contributed by atoms with Crippen molar-refractivity contribution in [1.29, 1.82) is 0 Å². The summed E-state index contributed by atoms with van der Waals surface area (Å²) >= 11 is 0. The lowest BCUT2D eigenvalue weighted by Gasteiger charge is -2.06. The molecule has 10 heteroatoms. The quantitative estimate of drug-likeness (QED) is 0.185. The van der Waals surface area contributed by atoms with Gasteiger partial charge in [-0.05, 0) is 43.7 Å². The molecular formula is C23H17NO9. The highest BCUT2D eigenvalue weighted by Gasteiger charge is 2.27. The predicted octanol–water partition coefficient (Wildman–Crippen LogP) is 4.52. The van der Waals surface area contributed by atoms with Gasteiger partial charge < -0.3 is 18.3 Å². The van der Waals surface area contributed by atoms with E-state index in [-0.39, 0.29) is 40.2 Å². The number of ether oxygens (including phenoxy) is 2. The van der Waals surface area contributed by atoms with Crippen molar-refractivity contribution in [2.24, 2.45) is 0 Å². The average molecular weight is 451 g/mol. The fourth-order valence-electron chi connectivity index (χ4n) is 3.54. The van der Waals surface area contributed by atoms with E-state index in [1.807, 2.05) is 0 Å². The maximum atomic E-state index is 13.2. The van der Waals surface area contributed by atoms with Crippen LogP contribution in [0.1, 0.15) is 30.0 Å². The maximum absolute atomic E-state index is 13.2. The van der Waals surface area contributed by atoms with Gasteiger partial charge in [-0.15, -0.1) is 0 Å². The summed E-state index contributed by atoms with van der Waals surface area (Å²) in [5.41, 5.74) is 0.0614. The molecule has 0 saturated heterocycles. The molecule has 0 bridgehead atoms. The first kappa shape index (κ1) is 21.8. The zero-order valence-electron chi connectivity index (χ0n) is 17.8. The van der Waals surface area contributed by atoms with Gasteiger partial charge in [-0.25, -0.2) is 4.79 Å². The SMILES string of the molecule is CCOC(=O)c1oc2ccc(-c3c([N+](=O)[O-])oc4cc(OC(C)=O)ccc4c3=O)cc2c1C. The Morgan fingerprint density at radius 1 is 1.06 bits per heavy atom. The van der Waals surface area contributed by atoms with Crippen LogP contribution in [-0.2, 0) is 9.53 Å². The predicted molar refractivity (Wildman–Crippen MR) is 116 cm³/mol. The molecule has 0 spiro atoms. The van der Waals surface area contributed by atoms with E-state index in [9.17, 15) is 24.5 Å². The lowest BCUT2D eigenvalue weighted by atomic mass is 10.0. The van der Waals surface area contributed by atoms with Crippen molar-refractivity contribution in [2.75, 3.05) is 6.61 Å². The molecule has 0 saturated carbocycles. The zero-order chi connectivity index (χ0) is 23.9. The van der Waals surface area contributed by atoms with Crippen molar-refractivity contribution in [1.82, 2.24) is 0 Å². The van der Waals surface area contributed by atoms with Gasteiger partial charge in [-0.3, -0.25) is 19.7 Å². The number of hydrogen-bond donors (Lipinski definition) is 0. The fraction of sp³-hybridized carbons (Fsp3) is 0.174. The number of fused-ring (bicyclic) bond motifs is 2. The van der Waals surface area contributed by atoms with E-state index >= 15 is 0 Å². The van der Waals surface area contributed by atoms with Gasteiger partial charge in [0.1, 0.15) is 27.4 Å². The number of rotatable bonds is 5. The Bertz CT molecular complexity index is 1510. The highest BCUT2D eigenvalue weighted by atomic mass is 16.6. The first-order valence-corrected chi connectivity index (χ1v) is 9.85. The molecule has 4 aromatic rings. The van der Waals surface area contributed by atoms with Crippen LogP contribution in [-0.4, -0.2) is 23.5 Å². The van der Waals surface area contributed by atoms with Crippen molar-refractivity contribution in [3.8, 4) is 16.9 Å². The van der Waals surface area contributed by atoms with Crippen molar-refractivity contribution in [2.45, 2.75) is 20.8 Å². The Hall–Kier alpha value is -4.47. The molecule has 2 heterocycles. The van der Waals surface area contributed by atoms with Gasteiger partial charge in [0.2, 0.25) is 11.2 Å². The molecule has 2 aromatic carbocycles. The van der Waals surface area contributed by atoms with Crippen LogP contribution in [0.15, 0.2) is 50.0 Å². The molecule has 0 radical (unpaired) electrons. The number of aryl methyl sites for hydroxylation is 1. The van der Waals surface area contributed by atoms with E-state index in [2.05, 4.69) is 0 Å². The highest BCUT2D eigenvalue weighted by molar-refractivity contribution is 5.98. The molecular weight excluding hydrogens is 434 g/mol. The van der Waals surface area contributed by atoms with Crippen LogP contribution in [0.4, 0.5) is 5.88 Å². The monoisotopic (exact) mass is 451 g/mol. The lowest BCUT2D eigenvalue weighted by molar-refractivity contribution is -0.401. The number of nitro groups is 1. The number of carbonyl (C=O) groups excluding carboxylic acids is 2. The van der Waals surface area contributed by atoms with Crippen molar-refractivity contribution >= 4 is 39.8 Å². The molecule has 0 N–H and O–H groups in total. The molecule has 168 valence electrons. The first-order valence-electron chi connectivity index (χ1n) is 9.85. The molecule has 0 atom stereocenters. The van der Waals surface area contributed by atoms with Gasteiger partial charge >= 0.3 is 17.8 Å². The van der Waals surface area contributed by atoms with Crippen LogP contribution >= 0.6 is 0 Å². The third-order valence-electron chi connectivity index (χ3n) is 4.96. The Morgan fingerprint density at radius 2 is 1.82 bits per heavy atom. The third-order valence-corrected chi connectivity index (χ3v) is 4.96. The summed E-state index contributed by atoms with van der Waals surface area (Å²) in [6.45, 7) is 4.69. The van der Waals surface area contributed by atoms with Gasteiger partial charge in [0.15, 0.2) is 0 Å². The van der Waals surface area contributed by atoms with Gasteiger partial charge in [0.05, 0.1) is 12.0 Å². The van der Waals surface area contributed by atoms with Crippen LogP contribution in [0, 0.1) is 17.0 Å². The molecule has 0 aliphatic carbocycles. The van der Waals surface area contributed by atoms with Crippen LogP contribution < -0.4 is 10.2 Å². The summed E-state index contributed by atoms with van der Waals surface area (Å²) in [6.07, 6.45) is 0. The topological polar surface area (TPSA) is 139 Å². The Kier molecular flexibility index (Phi) is 5.42. The van der Waals surface area contributed by atoms with Crippen molar-refractivity contribution in [3.05, 3.63) is 68.1 Å². The number of furan rings is 1. The number of carbonyl (C=O) groups is 2. The summed E-state index contributed by atoms with van der Waals surface area (Å²) in [5, 5.41) is 12.3. The Morgan fingerprint density at radius 3 is 2.48 bits per heavy atom. The first-order chi connectivity index (χ1) is 15.7. The standard InChI is InChI=1S/C23H17NO9/c1-4-30-23(27)21-11(2)16-9-13(5-8-17(16)32-21)19-20(26)15-7-6-14(31-12(3)25)10-18(15)33-22(19)24(28)29/h5-10H,4H2,1-3H3. The Labute approximate surface area is 185 Å². The molecule has 33 heavy (non-hydrogen) atoms. The second-order valence-electron chi connectivity index (χ2n) is 7.11. The van der Waals surface area contributed by atoms with Crippen molar-refractivity contribution in [3.63, 3.8) is 0 Å². The van der Waals surface area contributed by atoms with E-state index in [0.717, 1.165) is 0 Å². The second kappa shape index (κ2) is 8.23. The zero-order valence-corrected chi connectivity index (χ0v) is 17.8. The summed E-state index contributed by atoms with van der Waals surface area (Å²) in [4.78, 5) is 47.5. The second-order valence-corrected chi connectivity index (χ2v) is 7.11. The van der Waals surface area contributed by atoms with Gasteiger partial charge in [-0.2, -0.15) is 0 Å². The van der Waals surface area contributed by atoms with E-state index in [4.69, 9.17) is 18.3 Å². The highest BCUT2D eigenvalue weighted by Crippen LogP contribution is 2.35. The molecule has 0 aliphatic rings. The van der Waals surface area contributed by atoms with Crippen LogP contribution in [0.25, 0.3) is 33.1 Å². The summed E-state index contributed by atoms with van der Waals surface area (Å²) in [7, 11) is 0. The average Bonchev–Trinajstić information content (AvgIpc) is 3.09. The van der Waals surface area contributed by atoms with Crippen LogP contribution in [0.5, 0.6) is 5.75 Å². The van der Waals surface area contributed by atoms with E-state index < -0.39 is 28.2 Å². The molecule has 0 amide bonds. The molecule has 4 rings (SSSR count). The number of esters is 2.